The third kappa shape index (κ3) is 2.89. The molecule has 0 bridgehead atoms. The summed E-state index contributed by atoms with van der Waals surface area (Å²) in [5, 5.41) is 11.3. The van der Waals surface area contributed by atoms with Gasteiger partial charge in [0, 0.05) is 29.7 Å². The van der Waals surface area contributed by atoms with Crippen LogP contribution in [-0.2, 0) is 23.4 Å². The van der Waals surface area contributed by atoms with Crippen LogP contribution in [0.1, 0.15) is 36.5 Å². The van der Waals surface area contributed by atoms with Gasteiger partial charge >= 0.3 is 0 Å². The third-order valence-corrected chi connectivity index (χ3v) is 7.43. The fourth-order valence-corrected chi connectivity index (χ4v) is 6.22. The second kappa shape index (κ2) is 7.11. The predicted molar refractivity (Wildman–Crippen MR) is 112 cm³/mol. The smallest absolute Gasteiger partial charge is 0.223 e. The van der Waals surface area contributed by atoms with Gasteiger partial charge in [0.1, 0.15) is 12.4 Å². The van der Waals surface area contributed by atoms with Crippen LogP contribution in [0, 0.1) is 27.9 Å². The Kier molecular flexibility index (Phi) is 4.53. The minimum absolute atomic E-state index is 0.0144. The summed E-state index contributed by atoms with van der Waals surface area (Å²) in [5.41, 5.74) is 3.12. The van der Waals surface area contributed by atoms with Gasteiger partial charge in [-0.3, -0.25) is 14.9 Å². The van der Waals surface area contributed by atoms with Crippen LogP contribution in [0.4, 0.5) is 0 Å². The van der Waals surface area contributed by atoms with E-state index in [-0.39, 0.29) is 40.7 Å². The topological polar surface area (TPSA) is 72.7 Å². The van der Waals surface area contributed by atoms with Crippen LogP contribution in [0.2, 0.25) is 0 Å². The maximum Gasteiger partial charge on any atom is 0.223 e. The number of nitrogens with zero attached hydrogens (tertiary/aromatic N) is 2. The lowest BCUT2D eigenvalue weighted by Crippen LogP contribution is -2.49. The van der Waals surface area contributed by atoms with E-state index in [1.54, 1.807) is 0 Å². The maximum absolute atomic E-state index is 12.8. The molecule has 156 valence electrons. The number of hydrogen-bond donors (Lipinski definition) is 0. The zero-order valence-corrected chi connectivity index (χ0v) is 17.1. The van der Waals surface area contributed by atoms with Crippen molar-refractivity contribution in [1.29, 1.82) is 0 Å². The first-order valence-electron chi connectivity index (χ1n) is 10.7. The van der Waals surface area contributed by atoms with Gasteiger partial charge in [0.25, 0.3) is 0 Å². The van der Waals surface area contributed by atoms with Crippen molar-refractivity contribution in [2.75, 3.05) is 13.1 Å². The van der Waals surface area contributed by atoms with Gasteiger partial charge in [-0.2, -0.15) is 0 Å². The minimum Gasteiger partial charge on any atom is -0.489 e. The molecule has 1 unspecified atom stereocenters. The molecule has 5 rings (SSSR count). The standard InChI is InChI=1S/C24H26N2O4/c1-16-13-24-21-8-7-19(30-15-17-5-3-2-4-6-17)11-18(21)9-10-25(24)23(27)12-22(24)20(16)14-26(28)29/h2-8,11,16,20,22H,9-10,12-15H2,1H3/t16-,20+,22-,24?/m0/s1. The highest BCUT2D eigenvalue weighted by Gasteiger charge is 2.64. The van der Waals surface area contributed by atoms with E-state index in [1.165, 1.54) is 11.1 Å². The molecule has 4 atom stereocenters. The number of benzene rings is 2. The van der Waals surface area contributed by atoms with Crippen LogP contribution in [0.3, 0.4) is 0 Å². The Morgan fingerprint density at radius 2 is 2.03 bits per heavy atom. The number of rotatable bonds is 5. The van der Waals surface area contributed by atoms with Crippen LogP contribution >= 0.6 is 0 Å². The Bertz CT molecular complexity index is 992. The quantitative estimate of drug-likeness (QED) is 0.559. The summed E-state index contributed by atoms with van der Waals surface area (Å²) in [6, 6.07) is 16.3. The molecule has 1 amide bonds. The molecule has 2 heterocycles. The zero-order chi connectivity index (χ0) is 20.9. The molecule has 1 saturated carbocycles. The second-order valence-corrected chi connectivity index (χ2v) is 8.98. The monoisotopic (exact) mass is 406 g/mol. The van der Waals surface area contributed by atoms with Crippen molar-refractivity contribution >= 4 is 5.91 Å². The average Bonchev–Trinajstić information content (AvgIpc) is 3.16. The van der Waals surface area contributed by atoms with Gasteiger partial charge in [-0.25, -0.2) is 0 Å². The van der Waals surface area contributed by atoms with Crippen LogP contribution in [0.25, 0.3) is 0 Å². The summed E-state index contributed by atoms with van der Waals surface area (Å²) in [5.74, 6) is 1.15. The van der Waals surface area contributed by atoms with Crippen molar-refractivity contribution in [2.45, 2.75) is 38.3 Å². The van der Waals surface area contributed by atoms with Crippen LogP contribution < -0.4 is 4.74 Å². The highest BCUT2D eigenvalue weighted by molar-refractivity contribution is 5.82. The fourth-order valence-electron chi connectivity index (χ4n) is 6.22. The first kappa shape index (κ1) is 19.1. The number of carbonyl (C=O) groups is 1. The Labute approximate surface area is 176 Å². The van der Waals surface area contributed by atoms with Crippen LogP contribution in [0.15, 0.2) is 48.5 Å². The summed E-state index contributed by atoms with van der Waals surface area (Å²) in [4.78, 5) is 25.9. The minimum atomic E-state index is -0.386. The summed E-state index contributed by atoms with van der Waals surface area (Å²) in [7, 11) is 0. The Morgan fingerprint density at radius 1 is 1.23 bits per heavy atom. The molecule has 0 radical (unpaired) electrons. The number of fused-ring (bicyclic) bond motifs is 1. The van der Waals surface area contributed by atoms with Crippen molar-refractivity contribution < 1.29 is 14.5 Å². The Balaban J connectivity index is 1.47. The SMILES string of the molecule is C[C@H]1CC23c4ccc(OCc5ccccc5)cc4CCN2C(=O)C[C@H]3[C@@H]1C[N+](=O)[O-]. The second-order valence-electron chi connectivity index (χ2n) is 8.98. The molecular formula is C24H26N2O4. The number of nitro groups is 1. The van der Waals surface area contributed by atoms with E-state index in [0.29, 0.717) is 19.6 Å². The highest BCUT2D eigenvalue weighted by Crippen LogP contribution is 2.60. The van der Waals surface area contributed by atoms with E-state index in [2.05, 4.69) is 19.1 Å². The lowest BCUT2D eigenvalue weighted by molar-refractivity contribution is -0.491. The average molecular weight is 406 g/mol. The van der Waals surface area contributed by atoms with Crippen molar-refractivity contribution in [2.24, 2.45) is 17.8 Å². The van der Waals surface area contributed by atoms with Gasteiger partial charge in [-0.1, -0.05) is 43.3 Å². The van der Waals surface area contributed by atoms with Gasteiger partial charge in [0.2, 0.25) is 12.5 Å². The van der Waals surface area contributed by atoms with Gasteiger partial charge in [-0.15, -0.1) is 0 Å². The van der Waals surface area contributed by atoms with E-state index >= 15 is 0 Å². The van der Waals surface area contributed by atoms with Crippen LogP contribution in [-0.4, -0.2) is 28.8 Å². The maximum atomic E-state index is 12.8. The van der Waals surface area contributed by atoms with Crippen molar-refractivity contribution in [3.05, 3.63) is 75.3 Å². The Hall–Kier alpha value is -2.89. The molecule has 1 saturated heterocycles. The van der Waals surface area contributed by atoms with Crippen molar-refractivity contribution in [3.63, 3.8) is 0 Å². The number of hydrogen-bond acceptors (Lipinski definition) is 4. The van der Waals surface area contributed by atoms with E-state index in [0.717, 1.165) is 24.2 Å². The molecule has 2 fully saturated rings. The van der Waals surface area contributed by atoms with Gasteiger partial charge in [0.15, 0.2) is 0 Å². The number of amides is 1. The lowest BCUT2D eigenvalue weighted by atomic mass is 9.74. The molecule has 6 nitrogen and oxygen atoms in total. The summed E-state index contributed by atoms with van der Waals surface area (Å²) < 4.78 is 6.02. The van der Waals surface area contributed by atoms with Gasteiger partial charge in [0.05, 0.1) is 5.54 Å². The molecule has 2 aliphatic heterocycles. The molecule has 1 aliphatic carbocycles. The zero-order valence-electron chi connectivity index (χ0n) is 17.1. The van der Waals surface area contributed by atoms with Crippen molar-refractivity contribution in [1.82, 2.24) is 4.90 Å². The fraction of sp³-hybridized carbons (Fsp3) is 0.458. The molecule has 6 heteroatoms. The molecule has 2 aromatic carbocycles. The number of carbonyl (C=O) groups excluding carboxylic acids is 1. The predicted octanol–water partition coefficient (Wildman–Crippen LogP) is 3.80. The molecule has 2 aromatic rings. The molecule has 0 N–H and O–H groups in total. The summed E-state index contributed by atoms with van der Waals surface area (Å²) in [6.45, 7) is 3.25. The first-order valence-corrected chi connectivity index (χ1v) is 10.7. The molecule has 1 spiro atoms. The number of ether oxygens (including phenoxy) is 1. The first-order chi connectivity index (χ1) is 14.5. The Morgan fingerprint density at radius 3 is 2.80 bits per heavy atom. The van der Waals surface area contributed by atoms with E-state index in [1.807, 2.05) is 41.3 Å². The van der Waals surface area contributed by atoms with Gasteiger partial charge < -0.3 is 9.64 Å². The highest BCUT2D eigenvalue weighted by atomic mass is 16.6. The van der Waals surface area contributed by atoms with Crippen LogP contribution in [0.5, 0.6) is 5.75 Å². The largest absolute Gasteiger partial charge is 0.489 e. The molecule has 3 aliphatic rings. The molecule has 0 aromatic heterocycles. The molecule has 30 heavy (non-hydrogen) atoms. The normalized spacial score (nSPS) is 29.3. The van der Waals surface area contributed by atoms with E-state index in [4.69, 9.17) is 4.74 Å². The van der Waals surface area contributed by atoms with E-state index < -0.39 is 0 Å². The van der Waals surface area contributed by atoms with Crippen molar-refractivity contribution in [3.8, 4) is 5.75 Å². The lowest BCUT2D eigenvalue weighted by Gasteiger charge is -2.44. The third-order valence-electron chi connectivity index (χ3n) is 7.43. The van der Waals surface area contributed by atoms with Gasteiger partial charge in [-0.05, 0) is 47.6 Å². The molecular weight excluding hydrogens is 380 g/mol. The summed E-state index contributed by atoms with van der Waals surface area (Å²) in [6.07, 6.45) is 2.03. The van der Waals surface area contributed by atoms with E-state index in [9.17, 15) is 14.9 Å². The summed E-state index contributed by atoms with van der Waals surface area (Å²) >= 11 is 0.